The highest BCUT2D eigenvalue weighted by Gasteiger charge is 1.95. The Labute approximate surface area is 78.9 Å². The summed E-state index contributed by atoms with van der Waals surface area (Å²) < 4.78 is 0. The Hall–Kier alpha value is -0.750. The number of hydrogen-bond acceptors (Lipinski definition) is 0. The van der Waals surface area contributed by atoms with Gasteiger partial charge in [0.05, 0.1) is 0 Å². The molecule has 0 aliphatic heterocycles. The second-order valence-corrected chi connectivity index (χ2v) is 3.32. The molecular formula is C11H13Cl. The van der Waals surface area contributed by atoms with E-state index in [1.54, 1.807) is 0 Å². The Morgan fingerprint density at radius 3 is 2.83 bits per heavy atom. The third-order valence-electron chi connectivity index (χ3n) is 1.86. The summed E-state index contributed by atoms with van der Waals surface area (Å²) in [6.45, 7) is 5.72. The van der Waals surface area contributed by atoms with Gasteiger partial charge in [-0.2, -0.15) is 0 Å². The lowest BCUT2D eigenvalue weighted by Crippen LogP contribution is -1.84. The van der Waals surface area contributed by atoms with Crippen LogP contribution in [0.5, 0.6) is 0 Å². The maximum Gasteiger partial charge on any atom is 0.0435 e. The number of halogens is 1. The van der Waals surface area contributed by atoms with E-state index in [2.05, 4.69) is 18.7 Å². The van der Waals surface area contributed by atoms with Gasteiger partial charge in [0.25, 0.3) is 0 Å². The first-order valence-corrected chi connectivity index (χ1v) is 4.48. The van der Waals surface area contributed by atoms with Crippen molar-refractivity contribution in [1.82, 2.24) is 0 Å². The molecule has 0 atom stereocenters. The zero-order chi connectivity index (χ0) is 8.97. The Balaban J connectivity index is 2.75. The van der Waals surface area contributed by atoms with Crippen LogP contribution in [0.3, 0.4) is 0 Å². The van der Waals surface area contributed by atoms with Crippen LogP contribution in [0.4, 0.5) is 0 Å². The predicted molar refractivity (Wildman–Crippen MR) is 54.7 cm³/mol. The van der Waals surface area contributed by atoms with Crippen LogP contribution in [-0.4, -0.2) is 0 Å². The monoisotopic (exact) mass is 180 g/mol. The number of benzene rings is 1. The molecule has 0 saturated carbocycles. The lowest BCUT2D eigenvalue weighted by molar-refractivity contribution is 1.00. The van der Waals surface area contributed by atoms with Crippen molar-refractivity contribution in [2.45, 2.75) is 19.8 Å². The predicted octanol–water partition coefficient (Wildman–Crippen LogP) is 3.77. The normalized spacial score (nSPS) is 9.83. The van der Waals surface area contributed by atoms with Crippen LogP contribution in [0.25, 0.3) is 0 Å². The molecule has 0 spiro atoms. The zero-order valence-corrected chi connectivity index (χ0v) is 8.06. The summed E-state index contributed by atoms with van der Waals surface area (Å²) in [7, 11) is 0. The Kier molecular flexibility index (Phi) is 3.36. The molecule has 0 aromatic heterocycles. The SMILES string of the molecule is C=CCCc1ccc(Cl)c(C)c1. The molecule has 1 aromatic carbocycles. The molecule has 0 amide bonds. The summed E-state index contributed by atoms with van der Waals surface area (Å²) in [4.78, 5) is 0. The highest BCUT2D eigenvalue weighted by molar-refractivity contribution is 6.31. The van der Waals surface area contributed by atoms with E-state index in [1.807, 2.05) is 19.1 Å². The highest BCUT2D eigenvalue weighted by Crippen LogP contribution is 2.17. The summed E-state index contributed by atoms with van der Waals surface area (Å²) in [5, 5.41) is 0.845. The second-order valence-electron chi connectivity index (χ2n) is 2.91. The Morgan fingerprint density at radius 2 is 2.25 bits per heavy atom. The molecule has 0 heterocycles. The van der Waals surface area contributed by atoms with E-state index in [4.69, 9.17) is 11.6 Å². The smallest absolute Gasteiger partial charge is 0.0435 e. The van der Waals surface area contributed by atoms with Crippen LogP contribution >= 0.6 is 11.6 Å². The summed E-state index contributed by atoms with van der Waals surface area (Å²) in [6, 6.07) is 6.15. The molecule has 1 heteroatoms. The van der Waals surface area contributed by atoms with Gasteiger partial charge in [-0.05, 0) is 37.0 Å². The number of allylic oxidation sites excluding steroid dienone is 1. The fourth-order valence-corrected chi connectivity index (χ4v) is 1.25. The maximum atomic E-state index is 5.89. The summed E-state index contributed by atoms with van der Waals surface area (Å²) >= 11 is 5.89. The molecule has 0 nitrogen and oxygen atoms in total. The Bertz CT molecular complexity index is 276. The standard InChI is InChI=1S/C11H13Cl/c1-3-4-5-10-6-7-11(12)9(2)8-10/h3,6-8H,1,4-5H2,2H3. The third kappa shape index (κ3) is 2.38. The zero-order valence-electron chi connectivity index (χ0n) is 7.31. The second kappa shape index (κ2) is 4.32. The van der Waals surface area contributed by atoms with Crippen LogP contribution in [0, 0.1) is 6.92 Å². The first-order chi connectivity index (χ1) is 5.74. The van der Waals surface area contributed by atoms with E-state index in [9.17, 15) is 0 Å². The van der Waals surface area contributed by atoms with Crippen molar-refractivity contribution in [2.75, 3.05) is 0 Å². The molecule has 0 bridgehead atoms. The average molecular weight is 181 g/mol. The van der Waals surface area contributed by atoms with Gasteiger partial charge in [0, 0.05) is 5.02 Å². The lowest BCUT2D eigenvalue weighted by Gasteiger charge is -2.01. The minimum atomic E-state index is 0.845. The average Bonchev–Trinajstić information content (AvgIpc) is 2.07. The van der Waals surface area contributed by atoms with Gasteiger partial charge in [0.1, 0.15) is 0 Å². The first-order valence-electron chi connectivity index (χ1n) is 4.10. The van der Waals surface area contributed by atoms with Gasteiger partial charge in [0.15, 0.2) is 0 Å². The van der Waals surface area contributed by atoms with E-state index in [0.29, 0.717) is 0 Å². The van der Waals surface area contributed by atoms with Crippen molar-refractivity contribution in [2.24, 2.45) is 0 Å². The van der Waals surface area contributed by atoms with Gasteiger partial charge in [-0.1, -0.05) is 29.8 Å². The van der Waals surface area contributed by atoms with E-state index in [-0.39, 0.29) is 0 Å². The fraction of sp³-hybridized carbons (Fsp3) is 0.273. The lowest BCUT2D eigenvalue weighted by atomic mass is 10.1. The maximum absolute atomic E-state index is 5.89. The van der Waals surface area contributed by atoms with Crippen LogP contribution in [0.2, 0.25) is 5.02 Å². The molecular weight excluding hydrogens is 168 g/mol. The number of aryl methyl sites for hydroxylation is 2. The van der Waals surface area contributed by atoms with Crippen LogP contribution in [0.1, 0.15) is 17.5 Å². The molecule has 0 radical (unpaired) electrons. The van der Waals surface area contributed by atoms with Crippen molar-refractivity contribution in [3.63, 3.8) is 0 Å². The summed E-state index contributed by atoms with van der Waals surface area (Å²) in [6.07, 6.45) is 4.02. The molecule has 0 N–H and O–H groups in total. The third-order valence-corrected chi connectivity index (χ3v) is 2.28. The molecule has 0 aliphatic carbocycles. The molecule has 0 unspecified atom stereocenters. The molecule has 64 valence electrons. The molecule has 12 heavy (non-hydrogen) atoms. The van der Waals surface area contributed by atoms with Crippen LogP contribution in [-0.2, 0) is 6.42 Å². The van der Waals surface area contributed by atoms with Gasteiger partial charge in [0.2, 0.25) is 0 Å². The Morgan fingerprint density at radius 1 is 1.50 bits per heavy atom. The molecule has 0 fully saturated rings. The highest BCUT2D eigenvalue weighted by atomic mass is 35.5. The quantitative estimate of drug-likeness (QED) is 0.622. The van der Waals surface area contributed by atoms with E-state index < -0.39 is 0 Å². The minimum Gasteiger partial charge on any atom is -0.103 e. The molecule has 0 aliphatic rings. The largest absolute Gasteiger partial charge is 0.103 e. The van der Waals surface area contributed by atoms with Gasteiger partial charge in [-0.25, -0.2) is 0 Å². The molecule has 0 saturated heterocycles. The molecule has 1 rings (SSSR count). The van der Waals surface area contributed by atoms with Crippen molar-refractivity contribution < 1.29 is 0 Å². The molecule has 1 aromatic rings. The van der Waals surface area contributed by atoms with E-state index in [0.717, 1.165) is 23.4 Å². The number of rotatable bonds is 3. The van der Waals surface area contributed by atoms with Gasteiger partial charge in [-0.15, -0.1) is 6.58 Å². The van der Waals surface area contributed by atoms with Crippen LogP contribution in [0.15, 0.2) is 30.9 Å². The van der Waals surface area contributed by atoms with E-state index >= 15 is 0 Å². The van der Waals surface area contributed by atoms with Crippen molar-refractivity contribution in [3.8, 4) is 0 Å². The topological polar surface area (TPSA) is 0 Å². The van der Waals surface area contributed by atoms with Crippen LogP contribution < -0.4 is 0 Å². The number of hydrogen-bond donors (Lipinski definition) is 0. The van der Waals surface area contributed by atoms with E-state index in [1.165, 1.54) is 5.56 Å². The van der Waals surface area contributed by atoms with Crippen molar-refractivity contribution >= 4 is 11.6 Å². The minimum absolute atomic E-state index is 0.845. The summed E-state index contributed by atoms with van der Waals surface area (Å²) in [5.41, 5.74) is 2.48. The first kappa shape index (κ1) is 9.34. The van der Waals surface area contributed by atoms with Gasteiger partial charge < -0.3 is 0 Å². The summed E-state index contributed by atoms with van der Waals surface area (Å²) in [5.74, 6) is 0. The fourth-order valence-electron chi connectivity index (χ4n) is 1.13. The van der Waals surface area contributed by atoms with Crippen molar-refractivity contribution in [3.05, 3.63) is 47.0 Å². The van der Waals surface area contributed by atoms with Gasteiger partial charge in [-0.3, -0.25) is 0 Å². The van der Waals surface area contributed by atoms with Crippen molar-refractivity contribution in [1.29, 1.82) is 0 Å². The van der Waals surface area contributed by atoms with Gasteiger partial charge >= 0.3 is 0 Å².